The molecule has 1 aromatic rings. The van der Waals surface area contributed by atoms with Crippen LogP contribution in [0.1, 0.15) is 38.7 Å². The molecule has 1 fully saturated rings. The fourth-order valence-corrected chi connectivity index (χ4v) is 3.12. The van der Waals surface area contributed by atoms with Crippen LogP contribution in [0.25, 0.3) is 0 Å². The predicted octanol–water partition coefficient (Wildman–Crippen LogP) is 3.32. The van der Waals surface area contributed by atoms with E-state index >= 15 is 0 Å². The monoisotopic (exact) mass is 262 g/mol. The highest BCUT2D eigenvalue weighted by Crippen LogP contribution is 2.22. The molecule has 1 saturated heterocycles. The first kappa shape index (κ1) is 13.3. The van der Waals surface area contributed by atoms with Crippen LogP contribution in [-0.4, -0.2) is 22.1 Å². The number of hydrogen-bond donors (Lipinski definition) is 1. The van der Waals surface area contributed by atoms with Crippen LogP contribution >= 0.6 is 12.2 Å². The van der Waals surface area contributed by atoms with Crippen molar-refractivity contribution < 1.29 is 0 Å². The third-order valence-electron chi connectivity index (χ3n) is 3.71. The van der Waals surface area contributed by atoms with Gasteiger partial charge in [0.25, 0.3) is 0 Å². The van der Waals surface area contributed by atoms with E-state index in [0.29, 0.717) is 12.1 Å². The van der Waals surface area contributed by atoms with Gasteiger partial charge in [-0.15, -0.1) is 0 Å². The fraction of sp³-hybridized carbons (Fsp3) is 0.533. The molecule has 0 bridgehead atoms. The van der Waals surface area contributed by atoms with E-state index in [2.05, 4.69) is 48.3 Å². The summed E-state index contributed by atoms with van der Waals surface area (Å²) in [4.78, 5) is 2.36. The molecule has 2 atom stereocenters. The zero-order chi connectivity index (χ0) is 13.0. The van der Waals surface area contributed by atoms with Crippen molar-refractivity contribution in [2.45, 2.75) is 51.7 Å². The molecule has 0 amide bonds. The van der Waals surface area contributed by atoms with Crippen LogP contribution in [0.3, 0.4) is 0 Å². The first-order valence-electron chi connectivity index (χ1n) is 6.78. The molecule has 0 unspecified atom stereocenters. The molecular formula is C15H22N2S. The van der Waals surface area contributed by atoms with Crippen molar-refractivity contribution in [1.29, 1.82) is 0 Å². The van der Waals surface area contributed by atoms with Gasteiger partial charge < -0.3 is 10.2 Å². The minimum Gasteiger partial charge on any atom is -0.358 e. The average Bonchev–Trinajstić information content (AvgIpc) is 2.37. The van der Waals surface area contributed by atoms with Crippen molar-refractivity contribution in [3.8, 4) is 0 Å². The maximum absolute atomic E-state index is 5.54. The predicted molar refractivity (Wildman–Crippen MR) is 80.5 cm³/mol. The Hall–Kier alpha value is -1.09. The van der Waals surface area contributed by atoms with Crippen LogP contribution in [0.15, 0.2) is 30.3 Å². The quantitative estimate of drug-likeness (QED) is 0.823. The van der Waals surface area contributed by atoms with Crippen LogP contribution in [0.2, 0.25) is 0 Å². The zero-order valence-electron chi connectivity index (χ0n) is 11.2. The molecule has 1 aromatic carbocycles. The van der Waals surface area contributed by atoms with Gasteiger partial charge in [0.1, 0.15) is 0 Å². The molecule has 0 spiro atoms. The summed E-state index contributed by atoms with van der Waals surface area (Å²) in [6.45, 7) is 5.36. The molecule has 3 heteroatoms. The number of nitrogens with one attached hydrogen (secondary N) is 1. The first-order chi connectivity index (χ1) is 8.68. The van der Waals surface area contributed by atoms with Gasteiger partial charge in [-0.3, -0.25) is 0 Å². The summed E-state index contributed by atoms with van der Waals surface area (Å²) in [5.41, 5.74) is 1.28. The highest BCUT2D eigenvalue weighted by Gasteiger charge is 2.26. The minimum atomic E-state index is 0.560. The summed E-state index contributed by atoms with van der Waals surface area (Å²) in [5.74, 6) is 0. The number of likely N-dealkylation sites (tertiary alicyclic amines) is 1. The lowest BCUT2D eigenvalue weighted by Crippen LogP contribution is -2.51. The Bertz CT molecular complexity index is 381. The third-order valence-corrected chi connectivity index (χ3v) is 4.07. The largest absolute Gasteiger partial charge is 0.358 e. The number of rotatable bonds is 2. The number of hydrogen-bond acceptors (Lipinski definition) is 1. The van der Waals surface area contributed by atoms with E-state index in [9.17, 15) is 0 Å². The maximum atomic E-state index is 5.54. The molecule has 0 aliphatic carbocycles. The van der Waals surface area contributed by atoms with Gasteiger partial charge in [0, 0.05) is 18.6 Å². The zero-order valence-corrected chi connectivity index (χ0v) is 12.0. The smallest absolute Gasteiger partial charge is 0.169 e. The van der Waals surface area contributed by atoms with E-state index in [4.69, 9.17) is 12.2 Å². The van der Waals surface area contributed by atoms with E-state index in [1.807, 2.05) is 6.07 Å². The molecule has 0 radical (unpaired) electrons. The van der Waals surface area contributed by atoms with Gasteiger partial charge in [0.2, 0.25) is 0 Å². The van der Waals surface area contributed by atoms with Crippen molar-refractivity contribution >= 4 is 17.3 Å². The van der Waals surface area contributed by atoms with E-state index in [0.717, 1.165) is 11.7 Å². The second kappa shape index (κ2) is 6.19. The fourth-order valence-electron chi connectivity index (χ4n) is 2.69. The van der Waals surface area contributed by atoms with Gasteiger partial charge in [-0.25, -0.2) is 0 Å². The van der Waals surface area contributed by atoms with Gasteiger partial charge in [-0.2, -0.15) is 0 Å². The summed E-state index contributed by atoms with van der Waals surface area (Å²) in [5, 5.41) is 4.29. The Morgan fingerprint density at radius 2 is 1.83 bits per heavy atom. The van der Waals surface area contributed by atoms with Crippen molar-refractivity contribution in [2.75, 3.05) is 0 Å². The van der Waals surface area contributed by atoms with Crippen LogP contribution < -0.4 is 5.32 Å². The Balaban J connectivity index is 1.91. The lowest BCUT2D eigenvalue weighted by molar-refractivity contribution is 0.189. The molecule has 2 rings (SSSR count). The summed E-state index contributed by atoms with van der Waals surface area (Å²) >= 11 is 5.54. The number of benzene rings is 1. The molecule has 1 heterocycles. The lowest BCUT2D eigenvalue weighted by Gasteiger charge is -2.41. The van der Waals surface area contributed by atoms with Crippen LogP contribution in [-0.2, 0) is 6.54 Å². The van der Waals surface area contributed by atoms with Crippen molar-refractivity contribution in [3.63, 3.8) is 0 Å². The molecule has 98 valence electrons. The lowest BCUT2D eigenvalue weighted by atomic mass is 9.98. The highest BCUT2D eigenvalue weighted by atomic mass is 32.1. The Labute approximate surface area is 115 Å². The van der Waals surface area contributed by atoms with Crippen LogP contribution in [0, 0.1) is 0 Å². The van der Waals surface area contributed by atoms with E-state index in [-0.39, 0.29) is 0 Å². The van der Waals surface area contributed by atoms with Gasteiger partial charge in [-0.1, -0.05) is 30.3 Å². The molecule has 1 aliphatic heterocycles. The molecule has 18 heavy (non-hydrogen) atoms. The van der Waals surface area contributed by atoms with Crippen molar-refractivity contribution in [2.24, 2.45) is 0 Å². The maximum Gasteiger partial charge on any atom is 0.169 e. The SMILES string of the molecule is C[C@@H]1CCC[C@@H](C)N1C(=S)NCc1ccccc1. The average molecular weight is 262 g/mol. The Kier molecular flexibility index (Phi) is 4.59. The van der Waals surface area contributed by atoms with E-state index in [1.165, 1.54) is 24.8 Å². The minimum absolute atomic E-state index is 0.560. The summed E-state index contributed by atoms with van der Waals surface area (Å²) in [7, 11) is 0. The molecule has 0 saturated carbocycles. The molecule has 0 aromatic heterocycles. The van der Waals surface area contributed by atoms with Crippen molar-refractivity contribution in [3.05, 3.63) is 35.9 Å². The van der Waals surface area contributed by atoms with Gasteiger partial charge in [0.05, 0.1) is 0 Å². The topological polar surface area (TPSA) is 15.3 Å². The number of piperidine rings is 1. The molecule has 1 aliphatic rings. The molecular weight excluding hydrogens is 240 g/mol. The Morgan fingerprint density at radius 3 is 2.44 bits per heavy atom. The Morgan fingerprint density at radius 1 is 1.22 bits per heavy atom. The van der Waals surface area contributed by atoms with Crippen LogP contribution in [0.4, 0.5) is 0 Å². The van der Waals surface area contributed by atoms with E-state index in [1.54, 1.807) is 0 Å². The van der Waals surface area contributed by atoms with Gasteiger partial charge in [0.15, 0.2) is 5.11 Å². The molecule has 2 nitrogen and oxygen atoms in total. The normalized spacial score (nSPS) is 23.8. The highest BCUT2D eigenvalue weighted by molar-refractivity contribution is 7.80. The van der Waals surface area contributed by atoms with E-state index < -0.39 is 0 Å². The number of nitrogens with zero attached hydrogens (tertiary/aromatic N) is 1. The first-order valence-corrected chi connectivity index (χ1v) is 7.19. The summed E-state index contributed by atoms with van der Waals surface area (Å²) < 4.78 is 0. The summed E-state index contributed by atoms with van der Waals surface area (Å²) in [6, 6.07) is 11.5. The number of thiocarbonyl (C=S) groups is 1. The van der Waals surface area contributed by atoms with Crippen molar-refractivity contribution in [1.82, 2.24) is 10.2 Å². The van der Waals surface area contributed by atoms with Crippen LogP contribution in [0.5, 0.6) is 0 Å². The third kappa shape index (κ3) is 3.22. The second-order valence-corrected chi connectivity index (χ2v) is 5.57. The second-order valence-electron chi connectivity index (χ2n) is 5.18. The van der Waals surface area contributed by atoms with Gasteiger partial charge >= 0.3 is 0 Å². The van der Waals surface area contributed by atoms with Gasteiger partial charge in [-0.05, 0) is 50.9 Å². The molecule has 1 N–H and O–H groups in total. The summed E-state index contributed by atoms with van der Waals surface area (Å²) in [6.07, 6.45) is 3.81. The standard InChI is InChI=1S/C15H22N2S/c1-12-7-6-8-13(2)17(12)15(18)16-11-14-9-4-3-5-10-14/h3-5,9-10,12-13H,6-8,11H2,1-2H3,(H,16,18)/t12-,13-/m1/s1.